The molecular formula is C17H16O3. The van der Waals surface area contributed by atoms with E-state index in [1.807, 2.05) is 56.3 Å². The number of ether oxygens (including phenoxy) is 3. The monoisotopic (exact) mass is 268 g/mol. The highest BCUT2D eigenvalue weighted by Crippen LogP contribution is 2.31. The summed E-state index contributed by atoms with van der Waals surface area (Å²) < 4.78 is 16.7. The van der Waals surface area contributed by atoms with Gasteiger partial charge >= 0.3 is 0 Å². The number of hydrogen-bond donors (Lipinski definition) is 0. The Labute approximate surface area is 118 Å². The van der Waals surface area contributed by atoms with Crippen LogP contribution in [0.25, 0.3) is 0 Å². The Morgan fingerprint density at radius 2 is 1.55 bits per heavy atom. The average Bonchev–Trinajstić information content (AvgIpc) is 2.98. The van der Waals surface area contributed by atoms with Crippen LogP contribution in [0.3, 0.4) is 0 Å². The van der Waals surface area contributed by atoms with Gasteiger partial charge in [-0.05, 0) is 37.1 Å². The van der Waals surface area contributed by atoms with Crippen molar-refractivity contribution in [2.75, 3.05) is 0 Å². The third-order valence-corrected chi connectivity index (χ3v) is 3.22. The van der Waals surface area contributed by atoms with Gasteiger partial charge in [-0.25, -0.2) is 0 Å². The summed E-state index contributed by atoms with van der Waals surface area (Å²) in [6, 6.07) is 13.9. The Bertz CT molecular complexity index is 618. The third kappa shape index (κ3) is 2.48. The predicted molar refractivity (Wildman–Crippen MR) is 76.5 cm³/mol. The van der Waals surface area contributed by atoms with Crippen LogP contribution in [0.1, 0.15) is 23.0 Å². The van der Waals surface area contributed by atoms with Gasteiger partial charge in [0, 0.05) is 5.56 Å². The summed E-state index contributed by atoms with van der Waals surface area (Å²) in [5, 5.41) is 0. The van der Waals surface area contributed by atoms with E-state index in [1.54, 1.807) is 12.5 Å². The second kappa shape index (κ2) is 5.29. The van der Waals surface area contributed by atoms with Crippen molar-refractivity contribution in [3.05, 3.63) is 71.7 Å². The van der Waals surface area contributed by atoms with Crippen molar-refractivity contribution >= 4 is 0 Å². The second-order valence-electron chi connectivity index (χ2n) is 4.77. The molecule has 3 nitrogen and oxygen atoms in total. The van der Waals surface area contributed by atoms with Crippen molar-refractivity contribution in [3.8, 4) is 11.5 Å². The minimum Gasteiger partial charge on any atom is -0.457 e. The highest BCUT2D eigenvalue weighted by atomic mass is 16.7. The van der Waals surface area contributed by atoms with Gasteiger partial charge in [-0.2, -0.15) is 0 Å². The normalized spacial score (nSPS) is 13.9. The molecule has 0 aliphatic carbocycles. The molecular weight excluding hydrogens is 252 g/mol. The van der Waals surface area contributed by atoms with E-state index in [4.69, 9.17) is 14.2 Å². The molecule has 2 aromatic rings. The fraction of sp³-hybridized carbons (Fsp3) is 0.176. The molecule has 3 heteroatoms. The smallest absolute Gasteiger partial charge is 0.266 e. The van der Waals surface area contributed by atoms with E-state index in [-0.39, 0.29) is 6.29 Å². The molecule has 0 radical (unpaired) electrons. The lowest BCUT2D eigenvalue weighted by molar-refractivity contribution is -0.0247. The Morgan fingerprint density at radius 3 is 2.25 bits per heavy atom. The van der Waals surface area contributed by atoms with Gasteiger partial charge in [0.05, 0.1) is 0 Å². The van der Waals surface area contributed by atoms with Crippen molar-refractivity contribution in [3.63, 3.8) is 0 Å². The van der Waals surface area contributed by atoms with Crippen LogP contribution in [0.2, 0.25) is 0 Å². The van der Waals surface area contributed by atoms with Gasteiger partial charge in [-0.15, -0.1) is 0 Å². The largest absolute Gasteiger partial charge is 0.457 e. The molecule has 0 N–H and O–H groups in total. The second-order valence-corrected chi connectivity index (χ2v) is 4.77. The number of para-hydroxylation sites is 1. The molecule has 0 bridgehead atoms. The first kappa shape index (κ1) is 12.6. The van der Waals surface area contributed by atoms with Gasteiger partial charge in [-0.1, -0.05) is 30.3 Å². The summed E-state index contributed by atoms with van der Waals surface area (Å²) in [4.78, 5) is 0. The maximum absolute atomic E-state index is 6.01. The molecule has 2 aromatic carbocycles. The molecule has 1 heterocycles. The minimum absolute atomic E-state index is 0.378. The van der Waals surface area contributed by atoms with Crippen LogP contribution in [-0.4, -0.2) is 0 Å². The van der Waals surface area contributed by atoms with Gasteiger partial charge in [0.1, 0.15) is 24.0 Å². The zero-order valence-corrected chi connectivity index (χ0v) is 11.5. The Morgan fingerprint density at radius 1 is 0.900 bits per heavy atom. The van der Waals surface area contributed by atoms with Gasteiger partial charge in [0.15, 0.2) is 0 Å². The van der Waals surface area contributed by atoms with E-state index in [2.05, 4.69) is 0 Å². The summed E-state index contributed by atoms with van der Waals surface area (Å²) >= 11 is 0. The van der Waals surface area contributed by atoms with Crippen molar-refractivity contribution in [2.45, 2.75) is 20.1 Å². The first-order valence-electron chi connectivity index (χ1n) is 6.54. The molecule has 102 valence electrons. The van der Waals surface area contributed by atoms with Gasteiger partial charge in [0.2, 0.25) is 0 Å². The lowest BCUT2D eigenvalue weighted by atomic mass is 10.1. The highest BCUT2D eigenvalue weighted by molar-refractivity contribution is 5.43. The van der Waals surface area contributed by atoms with Crippen molar-refractivity contribution in [2.24, 2.45) is 0 Å². The van der Waals surface area contributed by atoms with E-state index in [0.29, 0.717) is 0 Å². The molecule has 0 aromatic heterocycles. The molecule has 0 atom stereocenters. The summed E-state index contributed by atoms with van der Waals surface area (Å²) in [5.41, 5.74) is 3.16. The Hall–Kier alpha value is -2.42. The average molecular weight is 268 g/mol. The van der Waals surface area contributed by atoms with Crippen LogP contribution in [0.5, 0.6) is 11.5 Å². The summed E-state index contributed by atoms with van der Waals surface area (Å²) in [6.45, 7) is 4.08. The van der Waals surface area contributed by atoms with Crippen molar-refractivity contribution < 1.29 is 14.2 Å². The van der Waals surface area contributed by atoms with Crippen LogP contribution < -0.4 is 4.74 Å². The molecule has 1 aliphatic rings. The molecule has 0 unspecified atom stereocenters. The lowest BCUT2D eigenvalue weighted by Crippen LogP contribution is -1.98. The number of hydrogen-bond acceptors (Lipinski definition) is 3. The summed E-state index contributed by atoms with van der Waals surface area (Å²) in [5.74, 6) is 1.68. The molecule has 0 saturated heterocycles. The van der Waals surface area contributed by atoms with Crippen molar-refractivity contribution in [1.29, 1.82) is 0 Å². The van der Waals surface area contributed by atoms with Gasteiger partial charge in [-0.3, -0.25) is 0 Å². The quantitative estimate of drug-likeness (QED) is 0.813. The zero-order valence-electron chi connectivity index (χ0n) is 11.5. The SMILES string of the molecule is Cc1cccc(C)c1Oc1cccc(C2OC=CO2)c1. The highest BCUT2D eigenvalue weighted by Gasteiger charge is 2.16. The van der Waals surface area contributed by atoms with E-state index >= 15 is 0 Å². The fourth-order valence-corrected chi connectivity index (χ4v) is 2.20. The molecule has 0 spiro atoms. The van der Waals surface area contributed by atoms with E-state index in [9.17, 15) is 0 Å². The van der Waals surface area contributed by atoms with E-state index in [0.717, 1.165) is 28.2 Å². The fourth-order valence-electron chi connectivity index (χ4n) is 2.20. The van der Waals surface area contributed by atoms with Crippen molar-refractivity contribution in [1.82, 2.24) is 0 Å². The minimum atomic E-state index is -0.378. The topological polar surface area (TPSA) is 27.7 Å². The predicted octanol–water partition coefficient (Wildman–Crippen LogP) is 4.61. The number of aryl methyl sites for hydroxylation is 2. The molecule has 20 heavy (non-hydrogen) atoms. The van der Waals surface area contributed by atoms with Crippen LogP contribution in [-0.2, 0) is 9.47 Å². The maximum atomic E-state index is 6.01. The summed E-state index contributed by atoms with van der Waals surface area (Å²) in [7, 11) is 0. The molecule has 0 fully saturated rings. The van der Waals surface area contributed by atoms with E-state index in [1.165, 1.54) is 0 Å². The molecule has 3 rings (SSSR count). The van der Waals surface area contributed by atoms with Gasteiger partial charge in [0.25, 0.3) is 6.29 Å². The van der Waals surface area contributed by atoms with Crippen LogP contribution in [0, 0.1) is 13.8 Å². The molecule has 1 aliphatic heterocycles. The Kier molecular flexibility index (Phi) is 3.33. The maximum Gasteiger partial charge on any atom is 0.266 e. The molecule has 0 amide bonds. The standard InChI is InChI=1S/C17H16O3/c1-12-5-3-6-13(2)16(12)20-15-8-4-7-14(11-15)17-18-9-10-19-17/h3-11,17H,1-2H3. The van der Waals surface area contributed by atoms with Crippen LogP contribution in [0.4, 0.5) is 0 Å². The number of rotatable bonds is 3. The number of benzene rings is 2. The van der Waals surface area contributed by atoms with E-state index < -0.39 is 0 Å². The third-order valence-electron chi connectivity index (χ3n) is 3.22. The first-order valence-corrected chi connectivity index (χ1v) is 6.54. The van der Waals surface area contributed by atoms with Crippen LogP contribution >= 0.6 is 0 Å². The Balaban J connectivity index is 1.86. The van der Waals surface area contributed by atoms with Crippen LogP contribution in [0.15, 0.2) is 55.0 Å². The van der Waals surface area contributed by atoms with Gasteiger partial charge < -0.3 is 14.2 Å². The molecule has 0 saturated carbocycles. The summed E-state index contributed by atoms with van der Waals surface area (Å²) in [6.07, 6.45) is 2.71. The lowest BCUT2D eigenvalue weighted by Gasteiger charge is -2.14. The first-order chi connectivity index (χ1) is 9.74. The zero-order chi connectivity index (χ0) is 13.9.